The molecule has 2 unspecified atom stereocenters. The van der Waals surface area contributed by atoms with E-state index >= 15 is 0 Å². The molecule has 2 amide bonds. The van der Waals surface area contributed by atoms with Crippen molar-refractivity contribution in [3.8, 4) is 11.5 Å². The molecular weight excluding hydrogens is 406 g/mol. The number of methoxy groups -OCH3 is 2. The van der Waals surface area contributed by atoms with Crippen LogP contribution in [0.1, 0.15) is 28.3 Å². The van der Waals surface area contributed by atoms with Gasteiger partial charge in [0, 0.05) is 38.2 Å². The number of carbonyl (C=O) groups excluding carboxylic acids is 2. The molecule has 1 aliphatic heterocycles. The first-order valence-corrected chi connectivity index (χ1v) is 10.2. The van der Waals surface area contributed by atoms with Gasteiger partial charge >= 0.3 is 0 Å². The summed E-state index contributed by atoms with van der Waals surface area (Å²) in [4.78, 5) is 29.2. The third-order valence-electron chi connectivity index (χ3n) is 5.98. The molecule has 2 fully saturated rings. The van der Waals surface area contributed by atoms with Gasteiger partial charge in [0.15, 0.2) is 11.5 Å². The Bertz CT molecular complexity index is 1010. The number of piperazine rings is 1. The molecule has 0 bridgehead atoms. The van der Waals surface area contributed by atoms with E-state index in [1.54, 1.807) is 28.0 Å². The molecule has 0 spiro atoms. The zero-order valence-electron chi connectivity index (χ0n) is 17.4. The first-order chi connectivity index (χ1) is 14.9. The summed E-state index contributed by atoms with van der Waals surface area (Å²) in [6.45, 7) is 1.61. The van der Waals surface area contributed by atoms with Gasteiger partial charge in [0.2, 0.25) is 5.91 Å². The second kappa shape index (κ2) is 8.53. The van der Waals surface area contributed by atoms with Crippen molar-refractivity contribution in [1.82, 2.24) is 9.80 Å². The zero-order chi connectivity index (χ0) is 22.1. The maximum atomic E-state index is 14.0. The van der Waals surface area contributed by atoms with Crippen molar-refractivity contribution in [2.75, 3.05) is 40.4 Å². The van der Waals surface area contributed by atoms with Gasteiger partial charge in [0.1, 0.15) is 11.6 Å². The second-order valence-electron chi connectivity index (χ2n) is 7.77. The lowest BCUT2D eigenvalue weighted by atomic mass is 10.1. The summed E-state index contributed by atoms with van der Waals surface area (Å²) < 4.78 is 37.8. The van der Waals surface area contributed by atoms with Crippen LogP contribution in [-0.2, 0) is 4.79 Å². The lowest BCUT2D eigenvalue weighted by molar-refractivity contribution is -0.134. The number of ether oxygens (including phenoxy) is 2. The normalized spacial score (nSPS) is 20.4. The van der Waals surface area contributed by atoms with Gasteiger partial charge in [-0.1, -0.05) is 12.1 Å². The number of hydrogen-bond acceptors (Lipinski definition) is 4. The maximum Gasteiger partial charge on any atom is 0.257 e. The minimum atomic E-state index is -0.627. The van der Waals surface area contributed by atoms with E-state index in [1.165, 1.54) is 26.4 Å². The molecule has 1 aliphatic carbocycles. The van der Waals surface area contributed by atoms with Crippen molar-refractivity contribution in [2.45, 2.75) is 12.3 Å². The van der Waals surface area contributed by atoms with Crippen molar-refractivity contribution < 1.29 is 27.8 Å². The highest BCUT2D eigenvalue weighted by Crippen LogP contribution is 2.49. The predicted octanol–water partition coefficient (Wildman–Crippen LogP) is 3.07. The second-order valence-corrected chi connectivity index (χ2v) is 7.77. The lowest BCUT2D eigenvalue weighted by Crippen LogP contribution is -2.51. The largest absolute Gasteiger partial charge is 0.493 e. The molecule has 4 rings (SSSR count). The van der Waals surface area contributed by atoms with Crippen LogP contribution in [0.4, 0.5) is 8.78 Å². The first-order valence-electron chi connectivity index (χ1n) is 10.2. The zero-order valence-corrected chi connectivity index (χ0v) is 17.4. The van der Waals surface area contributed by atoms with E-state index in [2.05, 4.69) is 0 Å². The number of amides is 2. The Morgan fingerprint density at radius 3 is 2.32 bits per heavy atom. The SMILES string of the molecule is COc1cccc(C(=O)N2CCN(C(=O)C3CC3c3ccc(F)cc3F)CC2)c1OC. The number of nitrogens with zero attached hydrogens (tertiary/aromatic N) is 2. The first kappa shape index (κ1) is 21.1. The van der Waals surface area contributed by atoms with Crippen LogP contribution in [0, 0.1) is 17.6 Å². The number of hydrogen-bond donors (Lipinski definition) is 0. The van der Waals surface area contributed by atoms with Crippen LogP contribution in [-0.4, -0.2) is 62.0 Å². The molecule has 2 aromatic carbocycles. The summed E-state index contributed by atoms with van der Waals surface area (Å²) in [6.07, 6.45) is 0.557. The van der Waals surface area contributed by atoms with E-state index in [4.69, 9.17) is 9.47 Å². The Balaban J connectivity index is 1.37. The third-order valence-corrected chi connectivity index (χ3v) is 5.98. The average Bonchev–Trinajstić information content (AvgIpc) is 3.58. The van der Waals surface area contributed by atoms with E-state index in [0.29, 0.717) is 55.2 Å². The molecule has 31 heavy (non-hydrogen) atoms. The van der Waals surface area contributed by atoms with Crippen LogP contribution in [0.2, 0.25) is 0 Å². The lowest BCUT2D eigenvalue weighted by Gasteiger charge is -2.35. The monoisotopic (exact) mass is 430 g/mol. The molecule has 1 heterocycles. The fraction of sp³-hybridized carbons (Fsp3) is 0.391. The minimum absolute atomic E-state index is 0.0419. The summed E-state index contributed by atoms with van der Waals surface area (Å²) in [5.41, 5.74) is 0.800. The van der Waals surface area contributed by atoms with Gasteiger partial charge < -0.3 is 19.3 Å². The highest BCUT2D eigenvalue weighted by molar-refractivity contribution is 5.98. The molecule has 2 aliphatic rings. The van der Waals surface area contributed by atoms with E-state index in [-0.39, 0.29) is 23.7 Å². The average molecular weight is 430 g/mol. The molecule has 8 heteroatoms. The van der Waals surface area contributed by atoms with E-state index < -0.39 is 11.6 Å². The van der Waals surface area contributed by atoms with Gasteiger partial charge in [0.05, 0.1) is 19.8 Å². The van der Waals surface area contributed by atoms with Crippen molar-refractivity contribution in [2.24, 2.45) is 5.92 Å². The smallest absolute Gasteiger partial charge is 0.257 e. The Morgan fingerprint density at radius 1 is 0.968 bits per heavy atom. The molecule has 2 atom stereocenters. The number of benzene rings is 2. The van der Waals surface area contributed by atoms with E-state index in [1.807, 2.05) is 0 Å². The molecule has 0 aromatic heterocycles. The van der Waals surface area contributed by atoms with Crippen molar-refractivity contribution >= 4 is 11.8 Å². The number of carbonyl (C=O) groups is 2. The number of para-hydroxylation sites is 1. The van der Waals surface area contributed by atoms with Crippen LogP contribution >= 0.6 is 0 Å². The minimum Gasteiger partial charge on any atom is -0.493 e. The summed E-state index contributed by atoms with van der Waals surface area (Å²) in [7, 11) is 3.00. The Kier molecular flexibility index (Phi) is 5.80. The molecule has 164 valence electrons. The Labute approximate surface area is 179 Å². The van der Waals surface area contributed by atoms with Gasteiger partial charge in [-0.05, 0) is 36.1 Å². The Hall–Kier alpha value is -3.16. The summed E-state index contributed by atoms with van der Waals surface area (Å²) >= 11 is 0. The molecule has 0 N–H and O–H groups in total. The van der Waals surface area contributed by atoms with Gasteiger partial charge in [0.25, 0.3) is 5.91 Å². The number of halogens is 2. The molecule has 0 radical (unpaired) electrons. The highest BCUT2D eigenvalue weighted by atomic mass is 19.1. The van der Waals surface area contributed by atoms with Crippen molar-refractivity contribution in [1.29, 1.82) is 0 Å². The number of rotatable bonds is 5. The fourth-order valence-electron chi connectivity index (χ4n) is 4.20. The maximum absolute atomic E-state index is 14.0. The summed E-state index contributed by atoms with van der Waals surface area (Å²) in [5.74, 6) is -1.10. The standard InChI is InChI=1S/C23H24F2N2O4/c1-30-20-5-3-4-16(21(20)31-2)22(28)26-8-10-27(11-9-26)23(29)18-13-17(18)15-7-6-14(24)12-19(15)25/h3-7,12,17-18H,8-11,13H2,1-2H3. The van der Waals surface area contributed by atoms with Crippen LogP contribution in [0.15, 0.2) is 36.4 Å². The molecule has 6 nitrogen and oxygen atoms in total. The van der Waals surface area contributed by atoms with Crippen LogP contribution in [0.5, 0.6) is 11.5 Å². The summed E-state index contributed by atoms with van der Waals surface area (Å²) in [5, 5.41) is 0. The van der Waals surface area contributed by atoms with E-state index in [0.717, 1.165) is 6.07 Å². The van der Waals surface area contributed by atoms with Crippen molar-refractivity contribution in [3.63, 3.8) is 0 Å². The molecule has 1 saturated heterocycles. The van der Waals surface area contributed by atoms with Crippen LogP contribution in [0.3, 0.4) is 0 Å². The molecule has 2 aromatic rings. The van der Waals surface area contributed by atoms with Crippen LogP contribution < -0.4 is 9.47 Å². The van der Waals surface area contributed by atoms with Gasteiger partial charge in [-0.25, -0.2) is 8.78 Å². The van der Waals surface area contributed by atoms with Gasteiger partial charge in [-0.3, -0.25) is 9.59 Å². The Morgan fingerprint density at radius 2 is 1.68 bits per heavy atom. The molecule has 1 saturated carbocycles. The van der Waals surface area contributed by atoms with Gasteiger partial charge in [-0.15, -0.1) is 0 Å². The third kappa shape index (κ3) is 4.06. The summed E-state index contributed by atoms with van der Waals surface area (Å²) in [6, 6.07) is 8.63. The van der Waals surface area contributed by atoms with Gasteiger partial charge in [-0.2, -0.15) is 0 Å². The molecular formula is C23H24F2N2O4. The van der Waals surface area contributed by atoms with Crippen LogP contribution in [0.25, 0.3) is 0 Å². The fourth-order valence-corrected chi connectivity index (χ4v) is 4.20. The van der Waals surface area contributed by atoms with Crippen molar-refractivity contribution in [3.05, 3.63) is 59.2 Å². The topological polar surface area (TPSA) is 59.1 Å². The highest BCUT2D eigenvalue weighted by Gasteiger charge is 2.47. The van der Waals surface area contributed by atoms with E-state index in [9.17, 15) is 18.4 Å². The quantitative estimate of drug-likeness (QED) is 0.732. The predicted molar refractivity (Wildman–Crippen MR) is 109 cm³/mol.